The standard InChI is InChI=1S/C28H38O4/c1-8-28(5,6)22(18-27(2,3)4)19-13-14-23(30-7)21(17-19)26(29)32-25-15-16-31-24-12-10-9-11-20(24)25/h9-14,17,22,25H,8,15-16,18H2,1-7H3. The lowest BCUT2D eigenvalue weighted by atomic mass is 9.67. The third kappa shape index (κ3) is 5.46. The summed E-state index contributed by atoms with van der Waals surface area (Å²) >= 11 is 0. The molecule has 0 spiro atoms. The molecule has 0 amide bonds. The monoisotopic (exact) mass is 438 g/mol. The first-order valence-electron chi connectivity index (χ1n) is 11.7. The van der Waals surface area contributed by atoms with E-state index in [0.29, 0.717) is 30.3 Å². The van der Waals surface area contributed by atoms with E-state index in [1.54, 1.807) is 7.11 Å². The number of benzene rings is 2. The maximum absolute atomic E-state index is 13.3. The van der Waals surface area contributed by atoms with Gasteiger partial charge in [0.05, 0.1) is 13.7 Å². The zero-order chi connectivity index (χ0) is 23.5. The highest BCUT2D eigenvalue weighted by molar-refractivity contribution is 5.93. The van der Waals surface area contributed by atoms with Crippen LogP contribution in [0.3, 0.4) is 0 Å². The normalized spacial score (nSPS) is 17.2. The predicted octanol–water partition coefficient (Wildman–Crippen LogP) is 7.33. The van der Waals surface area contributed by atoms with Crippen molar-refractivity contribution in [1.82, 2.24) is 0 Å². The summed E-state index contributed by atoms with van der Waals surface area (Å²) in [6.45, 7) is 14.2. The van der Waals surface area contributed by atoms with Gasteiger partial charge in [-0.25, -0.2) is 4.79 Å². The van der Waals surface area contributed by atoms with Gasteiger partial charge in [-0.15, -0.1) is 0 Å². The van der Waals surface area contributed by atoms with Crippen LogP contribution >= 0.6 is 0 Å². The van der Waals surface area contributed by atoms with Crippen LogP contribution in [-0.2, 0) is 4.74 Å². The summed E-state index contributed by atoms with van der Waals surface area (Å²) in [5, 5.41) is 0. The zero-order valence-electron chi connectivity index (χ0n) is 20.7. The van der Waals surface area contributed by atoms with E-state index in [0.717, 1.165) is 29.7 Å². The maximum Gasteiger partial charge on any atom is 0.342 e. The smallest absolute Gasteiger partial charge is 0.342 e. The number of ether oxygens (including phenoxy) is 3. The first kappa shape index (κ1) is 24.2. The molecule has 0 saturated heterocycles. The van der Waals surface area contributed by atoms with E-state index in [4.69, 9.17) is 14.2 Å². The average Bonchev–Trinajstić information content (AvgIpc) is 2.76. The number of hydrogen-bond donors (Lipinski definition) is 0. The van der Waals surface area contributed by atoms with E-state index in [2.05, 4.69) is 47.6 Å². The Kier molecular flexibility index (Phi) is 7.22. The second-order valence-electron chi connectivity index (χ2n) is 10.7. The Bertz CT molecular complexity index is 939. The molecular formula is C28H38O4. The van der Waals surface area contributed by atoms with Gasteiger partial charge >= 0.3 is 5.97 Å². The zero-order valence-corrected chi connectivity index (χ0v) is 20.7. The summed E-state index contributed by atoms with van der Waals surface area (Å²) in [6.07, 6.45) is 2.40. The Labute approximate surface area is 193 Å². The third-order valence-electron chi connectivity index (χ3n) is 6.67. The van der Waals surface area contributed by atoms with Crippen LogP contribution in [-0.4, -0.2) is 19.7 Å². The van der Waals surface area contributed by atoms with Gasteiger partial charge in [0, 0.05) is 12.0 Å². The van der Waals surface area contributed by atoms with Crippen LogP contribution in [0.15, 0.2) is 42.5 Å². The number of carbonyl (C=O) groups is 1. The highest BCUT2D eigenvalue weighted by Crippen LogP contribution is 2.46. The number of rotatable bonds is 7. The molecule has 0 N–H and O–H groups in total. The molecule has 2 aromatic carbocycles. The SMILES string of the molecule is CCC(C)(C)C(CC(C)(C)C)c1ccc(OC)c(C(=O)OC2CCOc3ccccc32)c1. The highest BCUT2D eigenvalue weighted by atomic mass is 16.6. The molecule has 1 heterocycles. The molecule has 174 valence electrons. The summed E-state index contributed by atoms with van der Waals surface area (Å²) in [7, 11) is 1.60. The fourth-order valence-electron chi connectivity index (χ4n) is 4.43. The number of fused-ring (bicyclic) bond motifs is 1. The first-order valence-corrected chi connectivity index (χ1v) is 11.7. The van der Waals surface area contributed by atoms with Gasteiger partial charge in [-0.1, -0.05) is 72.2 Å². The number of esters is 1. The van der Waals surface area contributed by atoms with E-state index < -0.39 is 0 Å². The topological polar surface area (TPSA) is 44.8 Å². The molecule has 0 aromatic heterocycles. The largest absolute Gasteiger partial charge is 0.496 e. The molecule has 3 rings (SSSR count). The molecule has 0 bridgehead atoms. The quantitative estimate of drug-likeness (QED) is 0.424. The molecule has 2 atom stereocenters. The van der Waals surface area contributed by atoms with Crippen LogP contribution in [0.1, 0.15) is 94.3 Å². The lowest BCUT2D eigenvalue weighted by Crippen LogP contribution is -2.26. The van der Waals surface area contributed by atoms with E-state index in [1.165, 1.54) is 0 Å². The van der Waals surface area contributed by atoms with E-state index in [9.17, 15) is 4.79 Å². The van der Waals surface area contributed by atoms with Crippen molar-refractivity contribution in [2.75, 3.05) is 13.7 Å². The second-order valence-corrected chi connectivity index (χ2v) is 10.7. The summed E-state index contributed by atoms with van der Waals surface area (Å²) in [6, 6.07) is 13.8. The Morgan fingerprint density at radius 3 is 2.50 bits per heavy atom. The van der Waals surface area contributed by atoms with Crippen LogP contribution in [0.25, 0.3) is 0 Å². The Morgan fingerprint density at radius 2 is 1.84 bits per heavy atom. The van der Waals surface area contributed by atoms with Gasteiger partial charge in [0.25, 0.3) is 0 Å². The molecule has 1 aliphatic rings. The summed E-state index contributed by atoms with van der Waals surface area (Å²) in [4.78, 5) is 13.3. The number of methoxy groups -OCH3 is 1. The highest BCUT2D eigenvalue weighted by Gasteiger charge is 2.34. The number of hydrogen-bond acceptors (Lipinski definition) is 4. The molecule has 0 fully saturated rings. The van der Waals surface area contributed by atoms with Gasteiger partial charge < -0.3 is 14.2 Å². The molecule has 32 heavy (non-hydrogen) atoms. The molecule has 0 radical (unpaired) electrons. The molecule has 2 unspecified atom stereocenters. The minimum Gasteiger partial charge on any atom is -0.496 e. The summed E-state index contributed by atoms with van der Waals surface area (Å²) in [5.74, 6) is 1.29. The van der Waals surface area contributed by atoms with E-state index in [-0.39, 0.29) is 22.9 Å². The van der Waals surface area contributed by atoms with Crippen LogP contribution in [0.4, 0.5) is 0 Å². The number of para-hydroxylation sites is 1. The van der Waals surface area contributed by atoms with Crippen LogP contribution in [0.2, 0.25) is 0 Å². The van der Waals surface area contributed by atoms with Crippen molar-refractivity contribution in [3.63, 3.8) is 0 Å². The Morgan fingerprint density at radius 1 is 1.12 bits per heavy atom. The summed E-state index contributed by atoms with van der Waals surface area (Å²) in [5.41, 5.74) is 2.83. The molecule has 0 aliphatic carbocycles. The molecular weight excluding hydrogens is 400 g/mol. The van der Waals surface area contributed by atoms with Crippen molar-refractivity contribution in [3.8, 4) is 11.5 Å². The van der Waals surface area contributed by atoms with E-state index in [1.807, 2.05) is 36.4 Å². The fraction of sp³-hybridized carbons (Fsp3) is 0.536. The van der Waals surface area contributed by atoms with Crippen molar-refractivity contribution >= 4 is 5.97 Å². The minimum atomic E-state index is -0.353. The van der Waals surface area contributed by atoms with Gasteiger partial charge in [-0.3, -0.25) is 0 Å². The third-order valence-corrected chi connectivity index (χ3v) is 6.67. The molecule has 4 nitrogen and oxygen atoms in total. The average molecular weight is 439 g/mol. The van der Waals surface area contributed by atoms with Gasteiger partial charge in [-0.2, -0.15) is 0 Å². The minimum absolute atomic E-state index is 0.0999. The van der Waals surface area contributed by atoms with Crippen molar-refractivity contribution in [1.29, 1.82) is 0 Å². The van der Waals surface area contributed by atoms with Crippen molar-refractivity contribution in [3.05, 3.63) is 59.2 Å². The van der Waals surface area contributed by atoms with E-state index >= 15 is 0 Å². The first-order chi connectivity index (χ1) is 15.1. The maximum atomic E-state index is 13.3. The second kappa shape index (κ2) is 9.56. The molecule has 4 heteroatoms. The van der Waals surface area contributed by atoms with Crippen molar-refractivity contribution in [2.24, 2.45) is 10.8 Å². The predicted molar refractivity (Wildman–Crippen MR) is 129 cm³/mol. The van der Waals surface area contributed by atoms with Crippen molar-refractivity contribution < 1.29 is 19.0 Å². The van der Waals surface area contributed by atoms with Gasteiger partial charge in [-0.05, 0) is 46.9 Å². The fourth-order valence-corrected chi connectivity index (χ4v) is 4.43. The number of carbonyl (C=O) groups excluding carboxylic acids is 1. The lowest BCUT2D eigenvalue weighted by Gasteiger charge is -2.38. The Hall–Kier alpha value is -2.49. The molecule has 0 saturated carbocycles. The van der Waals surface area contributed by atoms with Crippen LogP contribution in [0.5, 0.6) is 11.5 Å². The Balaban J connectivity index is 1.94. The summed E-state index contributed by atoms with van der Waals surface area (Å²) < 4.78 is 17.3. The van der Waals surface area contributed by atoms with Crippen LogP contribution in [0, 0.1) is 10.8 Å². The lowest BCUT2D eigenvalue weighted by molar-refractivity contribution is 0.0189. The molecule has 2 aromatic rings. The van der Waals surface area contributed by atoms with Gasteiger partial charge in [0.2, 0.25) is 0 Å². The van der Waals surface area contributed by atoms with Crippen molar-refractivity contribution in [2.45, 2.75) is 72.8 Å². The molecule has 1 aliphatic heterocycles. The van der Waals surface area contributed by atoms with Crippen LogP contribution < -0.4 is 9.47 Å². The van der Waals surface area contributed by atoms with Gasteiger partial charge in [0.1, 0.15) is 23.2 Å². The van der Waals surface area contributed by atoms with Gasteiger partial charge in [0.15, 0.2) is 0 Å².